The van der Waals surface area contributed by atoms with Gasteiger partial charge >= 0.3 is 0 Å². The SMILES string of the molecule is N#Cc1cccc(C(=O)N2CCC(Oc3ccccc3Cl)CC2)c1. The molecule has 0 aromatic heterocycles. The number of carbonyl (C=O) groups is 1. The zero-order chi connectivity index (χ0) is 16.9. The number of likely N-dealkylation sites (tertiary alicyclic amines) is 1. The predicted octanol–water partition coefficient (Wildman–Crippen LogP) is 3.90. The highest BCUT2D eigenvalue weighted by atomic mass is 35.5. The molecule has 4 nitrogen and oxygen atoms in total. The highest BCUT2D eigenvalue weighted by Crippen LogP contribution is 2.27. The standard InChI is InChI=1S/C19H17ClN2O2/c20-17-6-1-2-7-18(17)24-16-8-10-22(11-9-16)19(23)15-5-3-4-14(12-15)13-21/h1-7,12,16H,8-11H2. The molecule has 122 valence electrons. The summed E-state index contributed by atoms with van der Waals surface area (Å²) in [6.45, 7) is 1.26. The predicted molar refractivity (Wildman–Crippen MR) is 92.2 cm³/mol. The lowest BCUT2D eigenvalue weighted by Gasteiger charge is -2.32. The van der Waals surface area contributed by atoms with Crippen molar-refractivity contribution in [3.8, 4) is 11.8 Å². The van der Waals surface area contributed by atoms with E-state index in [9.17, 15) is 4.79 Å². The first-order valence-corrected chi connectivity index (χ1v) is 8.26. The molecule has 0 aliphatic carbocycles. The lowest BCUT2D eigenvalue weighted by atomic mass is 10.1. The number of nitriles is 1. The summed E-state index contributed by atoms with van der Waals surface area (Å²) >= 11 is 6.12. The van der Waals surface area contributed by atoms with Gasteiger partial charge in [-0.2, -0.15) is 5.26 Å². The fourth-order valence-corrected chi connectivity index (χ4v) is 2.98. The van der Waals surface area contributed by atoms with E-state index in [4.69, 9.17) is 21.6 Å². The Hall–Kier alpha value is -2.51. The molecular formula is C19H17ClN2O2. The van der Waals surface area contributed by atoms with E-state index in [1.807, 2.05) is 23.1 Å². The number of carbonyl (C=O) groups excluding carboxylic acids is 1. The first kappa shape index (κ1) is 16.4. The Bertz CT molecular complexity index is 777. The Morgan fingerprint density at radius 3 is 2.62 bits per heavy atom. The summed E-state index contributed by atoms with van der Waals surface area (Å²) in [7, 11) is 0. The van der Waals surface area contributed by atoms with Crippen molar-refractivity contribution >= 4 is 17.5 Å². The van der Waals surface area contributed by atoms with Crippen LogP contribution < -0.4 is 4.74 Å². The van der Waals surface area contributed by atoms with Crippen LogP contribution in [0.1, 0.15) is 28.8 Å². The van der Waals surface area contributed by atoms with Crippen molar-refractivity contribution in [2.75, 3.05) is 13.1 Å². The van der Waals surface area contributed by atoms with Gasteiger partial charge in [0.05, 0.1) is 16.7 Å². The number of hydrogen-bond donors (Lipinski definition) is 0. The molecule has 1 saturated heterocycles. The van der Waals surface area contributed by atoms with Gasteiger partial charge in [0.25, 0.3) is 5.91 Å². The highest BCUT2D eigenvalue weighted by molar-refractivity contribution is 6.32. The largest absolute Gasteiger partial charge is 0.489 e. The summed E-state index contributed by atoms with van der Waals surface area (Å²) in [5.41, 5.74) is 1.05. The van der Waals surface area contributed by atoms with Gasteiger partial charge in [-0.15, -0.1) is 0 Å². The summed E-state index contributed by atoms with van der Waals surface area (Å²) in [6, 6.07) is 16.3. The van der Waals surface area contributed by atoms with Crippen molar-refractivity contribution in [1.82, 2.24) is 4.90 Å². The molecule has 5 heteroatoms. The van der Waals surface area contributed by atoms with E-state index >= 15 is 0 Å². The van der Waals surface area contributed by atoms with E-state index in [-0.39, 0.29) is 12.0 Å². The number of rotatable bonds is 3. The molecule has 1 aliphatic heterocycles. The third-order valence-electron chi connectivity index (χ3n) is 4.10. The normalized spacial score (nSPS) is 14.9. The van der Waals surface area contributed by atoms with Gasteiger partial charge in [0.1, 0.15) is 11.9 Å². The fraction of sp³-hybridized carbons (Fsp3) is 0.263. The van der Waals surface area contributed by atoms with Gasteiger partial charge in [-0.1, -0.05) is 29.8 Å². The van der Waals surface area contributed by atoms with E-state index in [2.05, 4.69) is 6.07 Å². The van der Waals surface area contributed by atoms with Crippen LogP contribution in [0.5, 0.6) is 5.75 Å². The van der Waals surface area contributed by atoms with Gasteiger partial charge in [0.2, 0.25) is 0 Å². The Balaban J connectivity index is 1.59. The average Bonchev–Trinajstić information content (AvgIpc) is 2.64. The molecule has 1 aliphatic rings. The van der Waals surface area contributed by atoms with Crippen molar-refractivity contribution in [3.63, 3.8) is 0 Å². The molecule has 0 N–H and O–H groups in total. The van der Waals surface area contributed by atoms with Gasteiger partial charge in [0, 0.05) is 31.5 Å². The minimum atomic E-state index is -0.0386. The topological polar surface area (TPSA) is 53.3 Å². The van der Waals surface area contributed by atoms with Crippen LogP contribution in [-0.4, -0.2) is 30.0 Å². The van der Waals surface area contributed by atoms with Crippen LogP contribution in [0.25, 0.3) is 0 Å². The van der Waals surface area contributed by atoms with Crippen molar-refractivity contribution in [3.05, 3.63) is 64.7 Å². The summed E-state index contributed by atoms with van der Waals surface area (Å²) in [5, 5.41) is 9.55. The maximum absolute atomic E-state index is 12.5. The fourth-order valence-electron chi connectivity index (χ4n) is 2.80. The summed E-state index contributed by atoms with van der Waals surface area (Å²) in [5.74, 6) is 0.647. The Morgan fingerprint density at radius 1 is 1.17 bits per heavy atom. The first-order chi connectivity index (χ1) is 11.7. The number of amides is 1. The third kappa shape index (κ3) is 3.69. The van der Waals surface area contributed by atoms with Gasteiger partial charge in [0.15, 0.2) is 0 Å². The number of nitrogens with zero attached hydrogens (tertiary/aromatic N) is 2. The van der Waals surface area contributed by atoms with E-state index in [1.54, 1.807) is 30.3 Å². The Labute approximate surface area is 146 Å². The number of hydrogen-bond acceptors (Lipinski definition) is 3. The molecule has 24 heavy (non-hydrogen) atoms. The van der Waals surface area contributed by atoms with Crippen LogP contribution in [-0.2, 0) is 0 Å². The molecule has 1 heterocycles. The van der Waals surface area contributed by atoms with E-state index in [0.29, 0.717) is 35.0 Å². The molecule has 0 spiro atoms. The van der Waals surface area contributed by atoms with Gasteiger partial charge in [-0.3, -0.25) is 4.79 Å². The third-order valence-corrected chi connectivity index (χ3v) is 4.41. The molecule has 1 amide bonds. The minimum absolute atomic E-state index is 0.0386. The molecule has 3 rings (SSSR count). The molecule has 0 atom stereocenters. The van der Waals surface area contributed by atoms with E-state index in [1.165, 1.54) is 0 Å². The van der Waals surface area contributed by atoms with Gasteiger partial charge < -0.3 is 9.64 Å². The Kier molecular flexibility index (Phi) is 5.02. The van der Waals surface area contributed by atoms with Crippen LogP contribution in [0.15, 0.2) is 48.5 Å². The summed E-state index contributed by atoms with van der Waals surface area (Å²) < 4.78 is 5.94. The number of piperidine rings is 1. The number of halogens is 1. The molecule has 0 unspecified atom stereocenters. The molecular weight excluding hydrogens is 324 g/mol. The molecule has 2 aromatic carbocycles. The van der Waals surface area contributed by atoms with Gasteiger partial charge in [-0.05, 0) is 30.3 Å². The van der Waals surface area contributed by atoms with Crippen LogP contribution >= 0.6 is 11.6 Å². The van der Waals surface area contributed by atoms with Crippen LogP contribution in [0.3, 0.4) is 0 Å². The minimum Gasteiger partial charge on any atom is -0.489 e. The highest BCUT2D eigenvalue weighted by Gasteiger charge is 2.25. The van der Waals surface area contributed by atoms with Crippen LogP contribution in [0, 0.1) is 11.3 Å². The van der Waals surface area contributed by atoms with Crippen LogP contribution in [0.4, 0.5) is 0 Å². The molecule has 0 radical (unpaired) electrons. The maximum Gasteiger partial charge on any atom is 0.253 e. The lowest BCUT2D eigenvalue weighted by molar-refractivity contribution is 0.0595. The quantitative estimate of drug-likeness (QED) is 0.851. The lowest BCUT2D eigenvalue weighted by Crippen LogP contribution is -2.41. The van der Waals surface area contributed by atoms with Crippen molar-refractivity contribution in [1.29, 1.82) is 5.26 Å². The smallest absolute Gasteiger partial charge is 0.253 e. The second-order valence-corrected chi connectivity index (χ2v) is 6.14. The summed E-state index contributed by atoms with van der Waals surface area (Å²) in [4.78, 5) is 14.4. The molecule has 0 saturated carbocycles. The van der Waals surface area contributed by atoms with Crippen molar-refractivity contribution in [2.45, 2.75) is 18.9 Å². The maximum atomic E-state index is 12.5. The van der Waals surface area contributed by atoms with E-state index in [0.717, 1.165) is 12.8 Å². The molecule has 1 fully saturated rings. The second kappa shape index (κ2) is 7.37. The summed E-state index contributed by atoms with van der Waals surface area (Å²) in [6.07, 6.45) is 1.57. The Morgan fingerprint density at radius 2 is 1.92 bits per heavy atom. The number of ether oxygens (including phenoxy) is 1. The van der Waals surface area contributed by atoms with Crippen molar-refractivity contribution in [2.24, 2.45) is 0 Å². The average molecular weight is 341 g/mol. The second-order valence-electron chi connectivity index (χ2n) is 5.73. The molecule has 2 aromatic rings. The number of para-hydroxylation sites is 1. The first-order valence-electron chi connectivity index (χ1n) is 7.88. The van der Waals surface area contributed by atoms with Gasteiger partial charge in [-0.25, -0.2) is 0 Å². The van der Waals surface area contributed by atoms with E-state index < -0.39 is 0 Å². The number of benzene rings is 2. The van der Waals surface area contributed by atoms with Crippen molar-refractivity contribution < 1.29 is 9.53 Å². The zero-order valence-electron chi connectivity index (χ0n) is 13.1. The zero-order valence-corrected chi connectivity index (χ0v) is 13.9. The van der Waals surface area contributed by atoms with Crippen LogP contribution in [0.2, 0.25) is 5.02 Å². The monoisotopic (exact) mass is 340 g/mol. The molecule has 0 bridgehead atoms.